The molecule has 0 saturated carbocycles. The van der Waals surface area contributed by atoms with Crippen molar-refractivity contribution >= 4 is 32.0 Å². The van der Waals surface area contributed by atoms with Gasteiger partial charge in [-0.25, -0.2) is 4.79 Å². The summed E-state index contributed by atoms with van der Waals surface area (Å²) in [5.74, 6) is -1.34. The molecule has 0 amide bonds. The molecule has 1 heterocycles. The van der Waals surface area contributed by atoms with Gasteiger partial charge in [0.1, 0.15) is 6.10 Å². The van der Waals surface area contributed by atoms with Crippen LogP contribution in [-0.2, 0) is 33.3 Å². The Kier molecular flexibility index (Phi) is 7.00. The van der Waals surface area contributed by atoms with E-state index >= 15 is 0 Å². The lowest BCUT2D eigenvalue weighted by Gasteiger charge is -2.20. The van der Waals surface area contributed by atoms with E-state index < -0.39 is 40.2 Å². The van der Waals surface area contributed by atoms with E-state index in [2.05, 4.69) is 20.7 Å². The zero-order chi connectivity index (χ0) is 17.0. The van der Waals surface area contributed by atoms with Crippen LogP contribution < -0.4 is 0 Å². The maximum Gasteiger partial charge on any atom is 0.330 e. The highest BCUT2D eigenvalue weighted by atomic mass is 79.9. The van der Waals surface area contributed by atoms with Crippen molar-refractivity contribution in [1.82, 2.24) is 0 Å². The van der Waals surface area contributed by atoms with Gasteiger partial charge in [0.05, 0.1) is 25.6 Å². The topological polar surface area (TPSA) is 88.1 Å². The normalized spacial score (nSPS) is 26.2. The average molecular weight is 401 g/mol. The summed E-state index contributed by atoms with van der Waals surface area (Å²) in [7, 11) is -2.29. The molecule has 0 aliphatic carbocycles. The minimum atomic E-state index is -3.57. The molecule has 128 valence electrons. The molecule has 9 heteroatoms. The Morgan fingerprint density at radius 1 is 1.41 bits per heavy atom. The third-order valence-electron chi connectivity index (χ3n) is 2.82. The minimum Gasteiger partial charge on any atom is -0.466 e. The van der Waals surface area contributed by atoms with Crippen LogP contribution in [0.2, 0.25) is 0 Å². The monoisotopic (exact) mass is 400 g/mol. The van der Waals surface area contributed by atoms with Gasteiger partial charge in [0.25, 0.3) is 10.1 Å². The minimum absolute atomic E-state index is 0.290. The van der Waals surface area contributed by atoms with Crippen molar-refractivity contribution in [3.8, 4) is 0 Å². The van der Waals surface area contributed by atoms with Crippen LogP contribution in [0.15, 0.2) is 12.2 Å². The predicted molar refractivity (Wildman–Crippen MR) is 83.1 cm³/mol. The molecule has 0 aromatic rings. The summed E-state index contributed by atoms with van der Waals surface area (Å²) in [6, 6.07) is 0. The third-order valence-corrected chi connectivity index (χ3v) is 4.17. The first kappa shape index (κ1) is 19.6. The molecule has 0 aromatic carbocycles. The Hall–Kier alpha value is -0.480. The van der Waals surface area contributed by atoms with Crippen LogP contribution >= 0.6 is 15.9 Å². The number of rotatable bonds is 7. The lowest BCUT2D eigenvalue weighted by molar-refractivity contribution is -0.145. The summed E-state index contributed by atoms with van der Waals surface area (Å²) in [4.78, 5) is 11.2. The molecule has 1 aliphatic heterocycles. The molecule has 0 unspecified atom stereocenters. The summed E-state index contributed by atoms with van der Waals surface area (Å²) in [5, 5.41) is 0.327. The number of alkyl halides is 1. The van der Waals surface area contributed by atoms with Crippen LogP contribution in [0.25, 0.3) is 0 Å². The Morgan fingerprint density at radius 2 is 2.05 bits per heavy atom. The molecule has 0 N–H and O–H groups in total. The zero-order valence-corrected chi connectivity index (χ0v) is 15.3. The summed E-state index contributed by atoms with van der Waals surface area (Å²) in [6.45, 7) is 3.49. The van der Waals surface area contributed by atoms with Gasteiger partial charge in [-0.1, -0.05) is 15.9 Å². The third kappa shape index (κ3) is 6.74. The van der Waals surface area contributed by atoms with Gasteiger partial charge < -0.3 is 14.2 Å². The largest absolute Gasteiger partial charge is 0.466 e. The fraction of sp³-hybridized carbons (Fsp3) is 0.769. The van der Waals surface area contributed by atoms with Gasteiger partial charge in [-0.05, 0) is 19.9 Å². The van der Waals surface area contributed by atoms with E-state index in [-0.39, 0.29) is 6.42 Å². The number of hydrogen-bond acceptors (Lipinski definition) is 7. The number of esters is 1. The van der Waals surface area contributed by atoms with Gasteiger partial charge >= 0.3 is 5.97 Å². The summed E-state index contributed by atoms with van der Waals surface area (Å²) >= 11 is 3.22. The first-order valence-corrected chi connectivity index (χ1v) is 9.56. The van der Waals surface area contributed by atoms with Gasteiger partial charge in [-0.3, -0.25) is 4.18 Å². The van der Waals surface area contributed by atoms with Crippen molar-refractivity contribution in [1.29, 1.82) is 0 Å². The number of carbonyl (C=O) groups is 1. The van der Waals surface area contributed by atoms with Crippen LogP contribution in [-0.4, -0.2) is 57.2 Å². The van der Waals surface area contributed by atoms with E-state index in [0.29, 0.717) is 5.33 Å². The van der Waals surface area contributed by atoms with Gasteiger partial charge in [-0.2, -0.15) is 8.42 Å². The molecular weight excluding hydrogens is 380 g/mol. The maximum atomic E-state index is 11.2. The number of hydrogen-bond donors (Lipinski definition) is 0. The highest BCUT2D eigenvalue weighted by Gasteiger charge is 2.41. The molecule has 1 fully saturated rings. The van der Waals surface area contributed by atoms with Crippen molar-refractivity contribution in [2.75, 3.05) is 18.7 Å². The molecule has 1 rings (SSSR count). The molecular formula is C13H21BrO7S. The number of halogens is 1. The Bertz CT molecular complexity index is 514. The second-order valence-corrected chi connectivity index (χ2v) is 7.58. The SMILES string of the molecule is COC(=O)/C=C/[C@@H]1OC(C)(C)O[C@H]1C[C@@H](CBr)OS(C)(=O)=O. The van der Waals surface area contributed by atoms with Crippen LogP contribution in [0, 0.1) is 0 Å². The molecule has 0 spiro atoms. The van der Waals surface area contributed by atoms with Gasteiger partial charge in [0.15, 0.2) is 5.79 Å². The summed E-state index contributed by atoms with van der Waals surface area (Å²) in [5.41, 5.74) is 0. The van der Waals surface area contributed by atoms with E-state index in [0.717, 1.165) is 6.26 Å². The molecule has 0 bridgehead atoms. The molecule has 0 aromatic heterocycles. The number of methoxy groups -OCH3 is 1. The Morgan fingerprint density at radius 3 is 2.55 bits per heavy atom. The zero-order valence-electron chi connectivity index (χ0n) is 12.9. The highest BCUT2D eigenvalue weighted by molar-refractivity contribution is 9.09. The van der Waals surface area contributed by atoms with Crippen molar-refractivity contribution in [3.05, 3.63) is 12.2 Å². The van der Waals surface area contributed by atoms with Crippen LogP contribution in [0.1, 0.15) is 20.3 Å². The quantitative estimate of drug-likeness (QED) is 0.276. The van der Waals surface area contributed by atoms with Gasteiger partial charge in [0.2, 0.25) is 0 Å². The van der Waals surface area contributed by atoms with Crippen LogP contribution in [0.4, 0.5) is 0 Å². The summed E-state index contributed by atoms with van der Waals surface area (Å²) in [6.07, 6.45) is 2.54. The molecule has 1 aliphatic rings. The molecule has 22 heavy (non-hydrogen) atoms. The number of ether oxygens (including phenoxy) is 3. The molecule has 1 saturated heterocycles. The fourth-order valence-electron chi connectivity index (χ4n) is 2.08. The first-order chi connectivity index (χ1) is 10.1. The van der Waals surface area contributed by atoms with E-state index in [1.807, 2.05) is 0 Å². The van der Waals surface area contributed by atoms with Gasteiger partial charge in [-0.15, -0.1) is 0 Å². The fourth-order valence-corrected chi connectivity index (χ4v) is 3.30. The lowest BCUT2D eigenvalue weighted by atomic mass is 10.1. The first-order valence-electron chi connectivity index (χ1n) is 6.62. The van der Waals surface area contributed by atoms with Crippen molar-refractivity contribution in [2.24, 2.45) is 0 Å². The molecule has 0 radical (unpaired) electrons. The smallest absolute Gasteiger partial charge is 0.330 e. The second kappa shape index (κ2) is 7.87. The maximum absolute atomic E-state index is 11.2. The van der Waals surface area contributed by atoms with Gasteiger partial charge in [0, 0.05) is 17.8 Å². The van der Waals surface area contributed by atoms with E-state index in [9.17, 15) is 13.2 Å². The van der Waals surface area contributed by atoms with Crippen molar-refractivity contribution < 1.29 is 31.6 Å². The predicted octanol–water partition coefficient (Wildman–Crippen LogP) is 1.37. The van der Waals surface area contributed by atoms with Crippen LogP contribution in [0.5, 0.6) is 0 Å². The molecule has 3 atom stereocenters. The highest BCUT2D eigenvalue weighted by Crippen LogP contribution is 2.32. The van der Waals surface area contributed by atoms with E-state index in [4.69, 9.17) is 13.7 Å². The average Bonchev–Trinajstić information content (AvgIpc) is 2.67. The van der Waals surface area contributed by atoms with Crippen molar-refractivity contribution in [3.63, 3.8) is 0 Å². The van der Waals surface area contributed by atoms with Crippen molar-refractivity contribution in [2.45, 2.75) is 44.4 Å². The lowest BCUT2D eigenvalue weighted by Crippen LogP contribution is -2.30. The number of carbonyl (C=O) groups excluding carboxylic acids is 1. The summed E-state index contributed by atoms with van der Waals surface area (Å²) < 4.78 is 43.5. The Labute approximate surface area is 139 Å². The van der Waals surface area contributed by atoms with E-state index in [1.54, 1.807) is 13.8 Å². The van der Waals surface area contributed by atoms with E-state index in [1.165, 1.54) is 19.3 Å². The Balaban J connectivity index is 2.79. The second-order valence-electron chi connectivity index (χ2n) is 5.33. The standard InChI is InChI=1S/C13H21BrO7S/c1-13(2)19-10(5-6-12(15)18-3)11(20-13)7-9(8-14)21-22(4,16)17/h5-6,9-11H,7-8H2,1-4H3/b6-5+/t9-,10-,11-/m0/s1. The molecule has 7 nitrogen and oxygen atoms in total. The van der Waals surface area contributed by atoms with Crippen LogP contribution in [0.3, 0.4) is 0 Å².